The fourth-order valence-corrected chi connectivity index (χ4v) is 3.44. The van der Waals surface area contributed by atoms with Gasteiger partial charge in [-0.2, -0.15) is 0 Å². The van der Waals surface area contributed by atoms with Gasteiger partial charge in [0.1, 0.15) is 11.6 Å². The lowest BCUT2D eigenvalue weighted by atomic mass is 9.94. The Morgan fingerprint density at radius 1 is 1.21 bits per heavy atom. The van der Waals surface area contributed by atoms with Crippen LogP contribution in [0.5, 0.6) is 0 Å². The first-order chi connectivity index (χ1) is 13.6. The summed E-state index contributed by atoms with van der Waals surface area (Å²) in [4.78, 5) is 30.5. The Labute approximate surface area is 161 Å². The lowest BCUT2D eigenvalue weighted by Gasteiger charge is -2.27. The Morgan fingerprint density at radius 2 is 2.04 bits per heavy atom. The van der Waals surface area contributed by atoms with E-state index in [0.29, 0.717) is 31.1 Å². The molecule has 2 amide bonds. The normalized spacial score (nSPS) is 22.0. The summed E-state index contributed by atoms with van der Waals surface area (Å²) in [6.45, 7) is 2.02. The number of rotatable bonds is 4. The molecule has 0 aliphatic carbocycles. The number of piperazine rings is 1. The fourth-order valence-electron chi connectivity index (χ4n) is 3.44. The molecule has 2 aliphatic rings. The van der Waals surface area contributed by atoms with Crippen LogP contribution in [0.3, 0.4) is 0 Å². The van der Waals surface area contributed by atoms with E-state index in [4.69, 9.17) is 0 Å². The first-order valence-corrected chi connectivity index (χ1v) is 9.12. The van der Waals surface area contributed by atoms with E-state index in [-0.39, 0.29) is 36.1 Å². The van der Waals surface area contributed by atoms with Crippen LogP contribution in [0.25, 0.3) is 0 Å². The number of halogens is 1. The van der Waals surface area contributed by atoms with Gasteiger partial charge in [0.25, 0.3) is 0 Å². The minimum atomic E-state index is -0.351. The van der Waals surface area contributed by atoms with E-state index in [2.05, 4.69) is 26.5 Å². The summed E-state index contributed by atoms with van der Waals surface area (Å²) in [5, 5.41) is 5.65. The molecule has 28 heavy (non-hydrogen) atoms. The van der Waals surface area contributed by atoms with Gasteiger partial charge in [-0.05, 0) is 29.8 Å². The van der Waals surface area contributed by atoms with Crippen molar-refractivity contribution in [2.75, 3.05) is 36.4 Å². The zero-order chi connectivity index (χ0) is 19.5. The highest BCUT2D eigenvalue weighted by molar-refractivity contribution is 5.93. The molecule has 0 radical (unpaired) electrons. The summed E-state index contributed by atoms with van der Waals surface area (Å²) in [6.07, 6.45) is 1.59. The number of anilines is 2. The van der Waals surface area contributed by atoms with E-state index in [9.17, 15) is 14.0 Å². The lowest BCUT2D eigenvalue weighted by molar-refractivity contribution is -0.121. The van der Waals surface area contributed by atoms with Gasteiger partial charge in [-0.15, -0.1) is 0 Å². The number of hydrazine groups is 1. The molecule has 3 heterocycles. The second-order valence-corrected chi connectivity index (χ2v) is 6.83. The van der Waals surface area contributed by atoms with Crippen LogP contribution in [-0.4, -0.2) is 43.0 Å². The zero-order valence-corrected chi connectivity index (χ0v) is 15.1. The van der Waals surface area contributed by atoms with Crippen molar-refractivity contribution in [1.82, 2.24) is 21.2 Å². The Morgan fingerprint density at radius 3 is 2.75 bits per heavy atom. The molecule has 1 aromatic heterocycles. The predicted molar refractivity (Wildman–Crippen MR) is 102 cm³/mol. The highest BCUT2D eigenvalue weighted by atomic mass is 19.1. The number of carbonyl (C=O) groups is 2. The van der Waals surface area contributed by atoms with Crippen molar-refractivity contribution in [1.29, 1.82) is 0 Å². The number of benzene rings is 1. The Balaban J connectivity index is 1.41. The van der Waals surface area contributed by atoms with Crippen molar-refractivity contribution in [2.45, 2.75) is 6.04 Å². The summed E-state index contributed by atoms with van der Waals surface area (Å²) in [7, 11) is 0. The van der Waals surface area contributed by atoms with Crippen molar-refractivity contribution in [2.24, 2.45) is 5.92 Å². The molecule has 4 N–H and O–H groups in total. The maximum atomic E-state index is 13.2. The topological polar surface area (TPSA) is 98.4 Å². The molecule has 0 spiro atoms. The third-order valence-electron chi connectivity index (χ3n) is 4.93. The van der Waals surface area contributed by atoms with E-state index >= 15 is 0 Å². The molecule has 9 heteroatoms. The van der Waals surface area contributed by atoms with Crippen LogP contribution >= 0.6 is 0 Å². The van der Waals surface area contributed by atoms with Crippen LogP contribution in [0, 0.1) is 11.7 Å². The Hall–Kier alpha value is -3.04. The number of nitrogens with zero attached hydrogens (tertiary/aromatic N) is 2. The third kappa shape index (κ3) is 3.95. The molecule has 0 bridgehead atoms. The van der Waals surface area contributed by atoms with Crippen LogP contribution in [0.15, 0.2) is 42.6 Å². The van der Waals surface area contributed by atoms with Crippen molar-refractivity contribution < 1.29 is 14.0 Å². The second-order valence-electron chi connectivity index (χ2n) is 6.83. The molecule has 2 fully saturated rings. The average Bonchev–Trinajstić information content (AvgIpc) is 3.19. The molecule has 2 atom stereocenters. The lowest BCUT2D eigenvalue weighted by Crippen LogP contribution is -2.48. The Bertz CT molecular complexity index is 858. The van der Waals surface area contributed by atoms with E-state index in [1.165, 1.54) is 12.1 Å². The van der Waals surface area contributed by atoms with E-state index in [0.717, 1.165) is 5.56 Å². The number of amides is 2. The number of carbonyl (C=O) groups excluding carboxylic acids is 2. The van der Waals surface area contributed by atoms with Gasteiger partial charge in [0.05, 0.1) is 30.4 Å². The SMILES string of the molecule is O=C1CN(c2ccc(NC(=O)C3CNNC3c3ccc(F)cc3)cn2)CCN1. The highest BCUT2D eigenvalue weighted by Crippen LogP contribution is 2.26. The zero-order valence-electron chi connectivity index (χ0n) is 15.1. The van der Waals surface area contributed by atoms with Gasteiger partial charge in [-0.3, -0.25) is 15.0 Å². The summed E-state index contributed by atoms with van der Waals surface area (Å²) < 4.78 is 13.2. The first-order valence-electron chi connectivity index (χ1n) is 9.12. The first kappa shape index (κ1) is 18.3. The van der Waals surface area contributed by atoms with Crippen molar-refractivity contribution in [3.8, 4) is 0 Å². The standard InChI is InChI=1S/C19H21FN6O2/c20-13-3-1-12(2-4-13)18-15(10-23-25-18)19(28)24-14-5-6-16(22-9-14)26-8-7-21-17(27)11-26/h1-6,9,15,18,23,25H,7-8,10-11H2,(H,21,27)(H,24,28). The average molecular weight is 384 g/mol. The largest absolute Gasteiger partial charge is 0.353 e. The van der Waals surface area contributed by atoms with Crippen LogP contribution < -0.4 is 26.4 Å². The Kier molecular flexibility index (Phi) is 5.18. The number of aromatic nitrogens is 1. The molecule has 2 aliphatic heterocycles. The predicted octanol–water partition coefficient (Wildman–Crippen LogP) is 0.561. The summed E-state index contributed by atoms with van der Waals surface area (Å²) in [5.41, 5.74) is 7.49. The van der Waals surface area contributed by atoms with Crippen LogP contribution in [0.2, 0.25) is 0 Å². The molecular weight excluding hydrogens is 363 g/mol. The minimum Gasteiger partial charge on any atom is -0.353 e. The molecule has 4 rings (SSSR count). The van der Waals surface area contributed by atoms with Gasteiger partial charge in [0.2, 0.25) is 11.8 Å². The minimum absolute atomic E-state index is 0.0292. The van der Waals surface area contributed by atoms with Crippen LogP contribution in [0.4, 0.5) is 15.9 Å². The summed E-state index contributed by atoms with van der Waals surface area (Å²) in [6, 6.07) is 9.42. The quantitative estimate of drug-likeness (QED) is 0.615. The summed E-state index contributed by atoms with van der Waals surface area (Å²) in [5.74, 6) is -0.151. The monoisotopic (exact) mass is 384 g/mol. The molecular formula is C19H21FN6O2. The molecule has 2 aromatic rings. The van der Waals surface area contributed by atoms with Gasteiger partial charge >= 0.3 is 0 Å². The van der Waals surface area contributed by atoms with Crippen molar-refractivity contribution in [3.05, 3.63) is 54.0 Å². The van der Waals surface area contributed by atoms with Crippen molar-refractivity contribution in [3.63, 3.8) is 0 Å². The molecule has 2 unspecified atom stereocenters. The molecule has 0 saturated carbocycles. The van der Waals surface area contributed by atoms with Gasteiger partial charge in [-0.25, -0.2) is 14.8 Å². The number of hydrogen-bond donors (Lipinski definition) is 4. The molecule has 1 aromatic carbocycles. The van der Waals surface area contributed by atoms with E-state index in [1.54, 1.807) is 30.5 Å². The van der Waals surface area contributed by atoms with E-state index < -0.39 is 0 Å². The van der Waals surface area contributed by atoms with Gasteiger partial charge in [0, 0.05) is 19.6 Å². The fraction of sp³-hybridized carbons (Fsp3) is 0.316. The van der Waals surface area contributed by atoms with Crippen LogP contribution in [0.1, 0.15) is 11.6 Å². The molecule has 2 saturated heterocycles. The van der Waals surface area contributed by atoms with Gasteiger partial charge < -0.3 is 15.5 Å². The number of pyridine rings is 1. The van der Waals surface area contributed by atoms with Crippen LogP contribution in [-0.2, 0) is 9.59 Å². The smallest absolute Gasteiger partial charge is 0.239 e. The third-order valence-corrected chi connectivity index (χ3v) is 4.93. The van der Waals surface area contributed by atoms with Gasteiger partial charge in [0.15, 0.2) is 0 Å². The van der Waals surface area contributed by atoms with E-state index in [1.807, 2.05) is 4.90 Å². The number of hydrogen-bond acceptors (Lipinski definition) is 6. The highest BCUT2D eigenvalue weighted by Gasteiger charge is 2.34. The summed E-state index contributed by atoms with van der Waals surface area (Å²) >= 11 is 0. The maximum absolute atomic E-state index is 13.2. The number of nitrogens with one attached hydrogen (secondary N) is 4. The second kappa shape index (κ2) is 7.91. The van der Waals surface area contributed by atoms with Crippen molar-refractivity contribution >= 4 is 23.3 Å². The molecule has 146 valence electrons. The molecule has 8 nitrogen and oxygen atoms in total. The van der Waals surface area contributed by atoms with Gasteiger partial charge in [-0.1, -0.05) is 12.1 Å². The maximum Gasteiger partial charge on any atom is 0.239 e.